The quantitative estimate of drug-likeness (QED) is 0.750. The Bertz CT molecular complexity index is 566. The highest BCUT2D eigenvalue weighted by Gasteiger charge is 2.08. The van der Waals surface area contributed by atoms with Crippen LogP contribution in [0.5, 0.6) is 5.75 Å². The van der Waals surface area contributed by atoms with E-state index < -0.39 is 0 Å². The van der Waals surface area contributed by atoms with Gasteiger partial charge in [0.15, 0.2) is 0 Å². The van der Waals surface area contributed by atoms with Crippen LogP contribution in [0.15, 0.2) is 36.4 Å². The van der Waals surface area contributed by atoms with Crippen LogP contribution in [-0.2, 0) is 11.3 Å². The van der Waals surface area contributed by atoms with Crippen LogP contribution in [0, 0.1) is 0 Å². The van der Waals surface area contributed by atoms with Crippen molar-refractivity contribution < 1.29 is 9.47 Å². The highest BCUT2D eigenvalue weighted by Crippen LogP contribution is 2.28. The van der Waals surface area contributed by atoms with Crippen molar-refractivity contribution in [1.82, 2.24) is 5.32 Å². The molecule has 0 heterocycles. The van der Waals surface area contributed by atoms with Crippen molar-refractivity contribution in [2.75, 3.05) is 19.8 Å². The molecule has 0 fully saturated rings. The van der Waals surface area contributed by atoms with E-state index in [1.54, 1.807) is 0 Å². The molecule has 0 aliphatic carbocycles. The lowest BCUT2D eigenvalue weighted by Gasteiger charge is -2.15. The van der Waals surface area contributed by atoms with Crippen molar-refractivity contribution in [2.24, 2.45) is 0 Å². The summed E-state index contributed by atoms with van der Waals surface area (Å²) in [5.41, 5.74) is 1.22. The maximum Gasteiger partial charge on any atom is 0.124 e. The normalized spacial score (nSPS) is 11.2. The lowest BCUT2D eigenvalue weighted by molar-refractivity contribution is 0.0551. The Balaban J connectivity index is 2.16. The average molecular weight is 287 g/mol. The molecule has 21 heavy (non-hydrogen) atoms. The molecule has 0 saturated heterocycles. The molecule has 0 amide bonds. The number of hydrogen-bond donors (Lipinski definition) is 1. The first-order chi connectivity index (χ1) is 10.2. The van der Waals surface area contributed by atoms with Gasteiger partial charge < -0.3 is 14.8 Å². The first kappa shape index (κ1) is 15.8. The van der Waals surface area contributed by atoms with Gasteiger partial charge in [0.1, 0.15) is 12.4 Å². The summed E-state index contributed by atoms with van der Waals surface area (Å²) in [4.78, 5) is 0. The van der Waals surface area contributed by atoms with Crippen molar-refractivity contribution in [3.05, 3.63) is 42.0 Å². The van der Waals surface area contributed by atoms with Crippen LogP contribution in [0.1, 0.15) is 26.3 Å². The second-order valence-electron chi connectivity index (χ2n) is 5.31. The molecule has 0 bridgehead atoms. The summed E-state index contributed by atoms with van der Waals surface area (Å²) in [6.07, 6.45) is 0.242. The van der Waals surface area contributed by atoms with E-state index in [0.717, 1.165) is 18.8 Å². The summed E-state index contributed by atoms with van der Waals surface area (Å²) in [5, 5.41) is 5.89. The van der Waals surface area contributed by atoms with Gasteiger partial charge in [-0.2, -0.15) is 0 Å². The van der Waals surface area contributed by atoms with Crippen molar-refractivity contribution in [3.63, 3.8) is 0 Å². The topological polar surface area (TPSA) is 30.5 Å². The predicted molar refractivity (Wildman–Crippen MR) is 87.9 cm³/mol. The summed E-state index contributed by atoms with van der Waals surface area (Å²) in [6.45, 7) is 9.14. The minimum absolute atomic E-state index is 0.242. The Kier molecular flexibility index (Phi) is 6.03. The number of nitrogens with one attached hydrogen (secondary N) is 1. The van der Waals surface area contributed by atoms with Crippen LogP contribution < -0.4 is 10.1 Å². The molecule has 114 valence electrons. The molecular weight excluding hydrogens is 262 g/mol. The van der Waals surface area contributed by atoms with Crippen LogP contribution in [0.4, 0.5) is 0 Å². The molecule has 0 aliphatic rings. The third-order valence-corrected chi connectivity index (χ3v) is 3.34. The van der Waals surface area contributed by atoms with Crippen LogP contribution >= 0.6 is 0 Å². The van der Waals surface area contributed by atoms with Gasteiger partial charge in [-0.25, -0.2) is 0 Å². The molecule has 3 nitrogen and oxygen atoms in total. The highest BCUT2D eigenvalue weighted by molar-refractivity contribution is 5.87. The molecule has 0 unspecified atom stereocenters. The first-order valence-corrected chi connectivity index (χ1v) is 7.68. The molecule has 1 N–H and O–H groups in total. The molecule has 3 heteroatoms. The van der Waals surface area contributed by atoms with Crippen LogP contribution in [0.25, 0.3) is 10.8 Å². The lowest BCUT2D eigenvalue weighted by atomic mass is 10.0. The molecule has 2 rings (SSSR count). The van der Waals surface area contributed by atoms with Crippen LogP contribution in [0.2, 0.25) is 0 Å². The molecule has 0 radical (unpaired) electrons. The van der Waals surface area contributed by atoms with E-state index in [9.17, 15) is 0 Å². The van der Waals surface area contributed by atoms with E-state index >= 15 is 0 Å². The third kappa shape index (κ3) is 4.45. The Morgan fingerprint density at radius 2 is 1.86 bits per heavy atom. The Morgan fingerprint density at radius 3 is 2.62 bits per heavy atom. The number of hydrogen-bond acceptors (Lipinski definition) is 3. The van der Waals surface area contributed by atoms with Crippen LogP contribution in [-0.4, -0.2) is 25.9 Å². The van der Waals surface area contributed by atoms with Gasteiger partial charge in [0, 0.05) is 12.1 Å². The molecule has 2 aromatic carbocycles. The maximum absolute atomic E-state index is 5.93. The molecule has 0 aliphatic heterocycles. The van der Waals surface area contributed by atoms with E-state index in [1.807, 2.05) is 13.8 Å². The monoisotopic (exact) mass is 287 g/mol. The second-order valence-corrected chi connectivity index (χ2v) is 5.31. The number of rotatable bonds is 8. The molecule has 0 spiro atoms. The summed E-state index contributed by atoms with van der Waals surface area (Å²) >= 11 is 0. The SMILES string of the molecule is CCNCc1c(OCCOC(C)C)ccc2ccccc12. The maximum atomic E-state index is 5.93. The van der Waals surface area contributed by atoms with E-state index in [1.165, 1.54) is 16.3 Å². The minimum atomic E-state index is 0.242. The third-order valence-electron chi connectivity index (χ3n) is 3.34. The average Bonchev–Trinajstić information content (AvgIpc) is 2.49. The standard InChI is InChI=1S/C18H25NO2/c1-4-19-13-17-16-8-6-5-7-15(16)9-10-18(17)21-12-11-20-14(2)3/h5-10,14,19H,4,11-13H2,1-3H3. The Morgan fingerprint density at radius 1 is 1.05 bits per heavy atom. The van der Waals surface area contributed by atoms with Gasteiger partial charge >= 0.3 is 0 Å². The van der Waals surface area contributed by atoms with E-state index in [2.05, 4.69) is 48.6 Å². The molecule has 0 saturated carbocycles. The highest BCUT2D eigenvalue weighted by atomic mass is 16.5. The van der Waals surface area contributed by atoms with Gasteiger partial charge in [0.05, 0.1) is 12.7 Å². The zero-order valence-electron chi connectivity index (χ0n) is 13.2. The molecule has 0 aromatic heterocycles. The Labute approximate surface area is 127 Å². The molecule has 2 aromatic rings. The van der Waals surface area contributed by atoms with Crippen molar-refractivity contribution in [1.29, 1.82) is 0 Å². The number of benzene rings is 2. The second kappa shape index (κ2) is 8.01. The molecule has 0 atom stereocenters. The largest absolute Gasteiger partial charge is 0.491 e. The van der Waals surface area contributed by atoms with Gasteiger partial charge in [0.25, 0.3) is 0 Å². The van der Waals surface area contributed by atoms with Crippen molar-refractivity contribution >= 4 is 10.8 Å². The first-order valence-electron chi connectivity index (χ1n) is 7.68. The van der Waals surface area contributed by atoms with Gasteiger partial charge in [-0.05, 0) is 37.2 Å². The number of fused-ring (bicyclic) bond motifs is 1. The zero-order chi connectivity index (χ0) is 15.1. The summed E-state index contributed by atoms with van der Waals surface area (Å²) in [7, 11) is 0. The predicted octanol–water partition coefficient (Wildman–Crippen LogP) is 3.75. The summed E-state index contributed by atoms with van der Waals surface area (Å²) < 4.78 is 11.5. The smallest absolute Gasteiger partial charge is 0.124 e. The summed E-state index contributed by atoms with van der Waals surface area (Å²) in [6, 6.07) is 12.6. The van der Waals surface area contributed by atoms with E-state index in [4.69, 9.17) is 9.47 Å². The fraction of sp³-hybridized carbons (Fsp3) is 0.444. The fourth-order valence-corrected chi connectivity index (χ4v) is 2.32. The number of ether oxygens (including phenoxy) is 2. The molecular formula is C18H25NO2. The minimum Gasteiger partial charge on any atom is -0.491 e. The van der Waals surface area contributed by atoms with E-state index in [0.29, 0.717) is 13.2 Å². The fourth-order valence-electron chi connectivity index (χ4n) is 2.32. The van der Waals surface area contributed by atoms with Gasteiger partial charge in [-0.1, -0.05) is 37.3 Å². The zero-order valence-corrected chi connectivity index (χ0v) is 13.2. The summed E-state index contributed by atoms with van der Waals surface area (Å²) in [5.74, 6) is 0.946. The van der Waals surface area contributed by atoms with Gasteiger partial charge in [-0.3, -0.25) is 0 Å². The lowest BCUT2D eigenvalue weighted by Crippen LogP contribution is -2.15. The van der Waals surface area contributed by atoms with Crippen molar-refractivity contribution in [3.8, 4) is 5.75 Å². The van der Waals surface area contributed by atoms with Gasteiger partial charge in [0.2, 0.25) is 0 Å². The van der Waals surface area contributed by atoms with Crippen molar-refractivity contribution in [2.45, 2.75) is 33.4 Å². The Hall–Kier alpha value is -1.58. The van der Waals surface area contributed by atoms with Gasteiger partial charge in [-0.15, -0.1) is 0 Å². The van der Waals surface area contributed by atoms with Crippen LogP contribution in [0.3, 0.4) is 0 Å². The van der Waals surface area contributed by atoms with E-state index in [-0.39, 0.29) is 6.10 Å².